The summed E-state index contributed by atoms with van der Waals surface area (Å²) in [4.78, 5) is 26.2. The van der Waals surface area contributed by atoms with Crippen LogP contribution in [0.2, 0.25) is 0 Å². The maximum Gasteiger partial charge on any atom is 0.253 e. The molecule has 0 spiro atoms. The maximum atomic E-state index is 12.5. The summed E-state index contributed by atoms with van der Waals surface area (Å²) in [6, 6.07) is 7.15. The Kier molecular flexibility index (Phi) is 5.58. The number of likely N-dealkylation sites (tertiary alicyclic amines) is 1. The van der Waals surface area contributed by atoms with E-state index in [1.54, 1.807) is 30.2 Å². The van der Waals surface area contributed by atoms with E-state index in [0.29, 0.717) is 43.8 Å². The van der Waals surface area contributed by atoms with E-state index < -0.39 is 0 Å². The Hall–Kier alpha value is -2.30. The number of nitrogens with zero attached hydrogens (tertiary/aromatic N) is 1. The molecule has 1 aromatic carbocycles. The first-order valence-electron chi connectivity index (χ1n) is 7.47. The van der Waals surface area contributed by atoms with Crippen LogP contribution in [-0.4, -0.2) is 43.5 Å². The number of carbonyl (C=O) groups is 2. The van der Waals surface area contributed by atoms with Crippen LogP contribution in [-0.2, 0) is 4.79 Å². The highest BCUT2D eigenvalue weighted by Gasteiger charge is 2.27. The van der Waals surface area contributed by atoms with E-state index in [1.165, 1.54) is 0 Å². The smallest absolute Gasteiger partial charge is 0.253 e. The van der Waals surface area contributed by atoms with Crippen LogP contribution in [0.4, 0.5) is 0 Å². The maximum absolute atomic E-state index is 12.5. The second kappa shape index (κ2) is 7.64. The molecule has 5 heteroatoms. The molecule has 118 valence electrons. The molecule has 22 heavy (non-hydrogen) atoms. The van der Waals surface area contributed by atoms with Gasteiger partial charge in [-0.15, -0.1) is 6.58 Å². The minimum atomic E-state index is -0.0192. The largest absolute Gasteiger partial charge is 0.497 e. The predicted molar refractivity (Wildman–Crippen MR) is 84.8 cm³/mol. The molecule has 1 fully saturated rings. The highest BCUT2D eigenvalue weighted by molar-refractivity contribution is 5.94. The number of hydrogen-bond donors (Lipinski definition) is 1. The molecule has 0 radical (unpaired) electrons. The van der Waals surface area contributed by atoms with Gasteiger partial charge in [0.05, 0.1) is 7.11 Å². The SMILES string of the molecule is C=CCNC(=O)C1CCN(C(=O)c2cccc(OC)c2)CC1. The lowest BCUT2D eigenvalue weighted by molar-refractivity contribution is -0.126. The normalized spacial score (nSPS) is 15.2. The van der Waals surface area contributed by atoms with Gasteiger partial charge in [-0.1, -0.05) is 12.1 Å². The molecule has 5 nitrogen and oxygen atoms in total. The van der Waals surface area contributed by atoms with Gasteiger partial charge in [0.25, 0.3) is 5.91 Å². The first-order valence-corrected chi connectivity index (χ1v) is 7.47. The highest BCUT2D eigenvalue weighted by atomic mass is 16.5. The van der Waals surface area contributed by atoms with Gasteiger partial charge in [0.15, 0.2) is 0 Å². The molecule has 1 aliphatic heterocycles. The lowest BCUT2D eigenvalue weighted by Crippen LogP contribution is -2.43. The molecule has 1 heterocycles. The Balaban J connectivity index is 1.92. The minimum Gasteiger partial charge on any atom is -0.497 e. The number of ether oxygens (including phenoxy) is 1. The molecule has 1 N–H and O–H groups in total. The Morgan fingerprint density at radius 3 is 2.77 bits per heavy atom. The monoisotopic (exact) mass is 302 g/mol. The van der Waals surface area contributed by atoms with Gasteiger partial charge in [-0.25, -0.2) is 0 Å². The number of piperidine rings is 1. The number of methoxy groups -OCH3 is 1. The Labute approximate surface area is 130 Å². The van der Waals surface area contributed by atoms with Crippen molar-refractivity contribution in [3.63, 3.8) is 0 Å². The third-order valence-corrected chi connectivity index (χ3v) is 3.89. The lowest BCUT2D eigenvalue weighted by Gasteiger charge is -2.31. The van der Waals surface area contributed by atoms with Crippen molar-refractivity contribution in [1.29, 1.82) is 0 Å². The average molecular weight is 302 g/mol. The Bertz CT molecular complexity index is 549. The van der Waals surface area contributed by atoms with Crippen molar-refractivity contribution in [3.05, 3.63) is 42.5 Å². The minimum absolute atomic E-state index is 0.0103. The molecule has 0 aromatic heterocycles. The van der Waals surface area contributed by atoms with Gasteiger partial charge in [-0.3, -0.25) is 9.59 Å². The van der Waals surface area contributed by atoms with Crippen molar-refractivity contribution in [2.75, 3.05) is 26.7 Å². The standard InChI is InChI=1S/C17H22N2O3/c1-3-9-18-16(20)13-7-10-19(11-8-13)17(21)14-5-4-6-15(12-14)22-2/h3-6,12-13H,1,7-11H2,2H3,(H,18,20). The number of amides is 2. The summed E-state index contributed by atoms with van der Waals surface area (Å²) in [5.74, 6) is 0.691. The molecular formula is C17H22N2O3. The molecule has 0 bridgehead atoms. The Morgan fingerprint density at radius 2 is 2.14 bits per heavy atom. The fourth-order valence-corrected chi connectivity index (χ4v) is 2.60. The topological polar surface area (TPSA) is 58.6 Å². The van der Waals surface area contributed by atoms with Crippen molar-refractivity contribution in [1.82, 2.24) is 10.2 Å². The third kappa shape index (κ3) is 3.87. The summed E-state index contributed by atoms with van der Waals surface area (Å²) in [6.07, 6.45) is 3.05. The van der Waals surface area contributed by atoms with E-state index in [1.807, 2.05) is 12.1 Å². The van der Waals surface area contributed by atoms with Gasteiger partial charge in [0.1, 0.15) is 5.75 Å². The molecule has 0 atom stereocenters. The highest BCUT2D eigenvalue weighted by Crippen LogP contribution is 2.21. The molecule has 0 saturated carbocycles. The molecule has 2 rings (SSSR count). The van der Waals surface area contributed by atoms with Crippen LogP contribution >= 0.6 is 0 Å². The summed E-state index contributed by atoms with van der Waals surface area (Å²) in [6.45, 7) is 5.27. The first-order chi connectivity index (χ1) is 10.7. The number of benzene rings is 1. The second-order valence-electron chi connectivity index (χ2n) is 5.33. The average Bonchev–Trinajstić information content (AvgIpc) is 2.59. The van der Waals surface area contributed by atoms with E-state index in [2.05, 4.69) is 11.9 Å². The van der Waals surface area contributed by atoms with Crippen LogP contribution in [0.5, 0.6) is 5.75 Å². The van der Waals surface area contributed by atoms with E-state index in [0.717, 1.165) is 0 Å². The van der Waals surface area contributed by atoms with E-state index in [4.69, 9.17) is 4.74 Å². The zero-order valence-corrected chi connectivity index (χ0v) is 12.9. The van der Waals surface area contributed by atoms with Crippen LogP contribution in [0, 0.1) is 5.92 Å². The van der Waals surface area contributed by atoms with Gasteiger partial charge < -0.3 is 15.0 Å². The summed E-state index contributed by atoms with van der Waals surface area (Å²) in [5.41, 5.74) is 0.619. The molecule has 2 amide bonds. The van der Waals surface area contributed by atoms with Gasteiger partial charge in [-0.2, -0.15) is 0 Å². The fourth-order valence-electron chi connectivity index (χ4n) is 2.60. The van der Waals surface area contributed by atoms with Gasteiger partial charge >= 0.3 is 0 Å². The zero-order chi connectivity index (χ0) is 15.9. The van der Waals surface area contributed by atoms with Gasteiger partial charge in [0, 0.05) is 31.1 Å². The third-order valence-electron chi connectivity index (χ3n) is 3.89. The molecule has 1 saturated heterocycles. The lowest BCUT2D eigenvalue weighted by atomic mass is 9.95. The Morgan fingerprint density at radius 1 is 1.41 bits per heavy atom. The summed E-state index contributed by atoms with van der Waals surface area (Å²) >= 11 is 0. The molecule has 0 unspecified atom stereocenters. The van der Waals surface area contributed by atoms with E-state index in [-0.39, 0.29) is 17.7 Å². The summed E-state index contributed by atoms with van der Waals surface area (Å²) in [7, 11) is 1.58. The molecule has 0 aliphatic carbocycles. The fraction of sp³-hybridized carbons (Fsp3) is 0.412. The number of nitrogens with one attached hydrogen (secondary N) is 1. The van der Waals surface area contributed by atoms with Crippen LogP contribution in [0.15, 0.2) is 36.9 Å². The van der Waals surface area contributed by atoms with Crippen molar-refractivity contribution in [2.45, 2.75) is 12.8 Å². The molecule has 1 aromatic rings. The van der Waals surface area contributed by atoms with Crippen LogP contribution in [0.25, 0.3) is 0 Å². The van der Waals surface area contributed by atoms with Crippen molar-refractivity contribution < 1.29 is 14.3 Å². The number of carbonyl (C=O) groups excluding carboxylic acids is 2. The molecular weight excluding hydrogens is 280 g/mol. The van der Waals surface area contributed by atoms with Crippen LogP contribution in [0.1, 0.15) is 23.2 Å². The summed E-state index contributed by atoms with van der Waals surface area (Å²) < 4.78 is 5.15. The van der Waals surface area contributed by atoms with Gasteiger partial charge in [-0.05, 0) is 31.0 Å². The van der Waals surface area contributed by atoms with Crippen molar-refractivity contribution >= 4 is 11.8 Å². The zero-order valence-electron chi connectivity index (χ0n) is 12.9. The van der Waals surface area contributed by atoms with Crippen molar-refractivity contribution in [2.24, 2.45) is 5.92 Å². The summed E-state index contributed by atoms with van der Waals surface area (Å²) in [5, 5.41) is 2.82. The number of hydrogen-bond acceptors (Lipinski definition) is 3. The second-order valence-corrected chi connectivity index (χ2v) is 5.33. The molecule has 1 aliphatic rings. The first kappa shape index (κ1) is 16.1. The van der Waals surface area contributed by atoms with E-state index >= 15 is 0 Å². The van der Waals surface area contributed by atoms with Gasteiger partial charge in [0.2, 0.25) is 5.91 Å². The van der Waals surface area contributed by atoms with E-state index in [9.17, 15) is 9.59 Å². The van der Waals surface area contributed by atoms with Crippen LogP contribution < -0.4 is 10.1 Å². The van der Waals surface area contributed by atoms with Crippen molar-refractivity contribution in [3.8, 4) is 5.75 Å². The predicted octanol–water partition coefficient (Wildman–Crippen LogP) is 1.85. The quantitative estimate of drug-likeness (QED) is 0.845. The van der Waals surface area contributed by atoms with Crippen LogP contribution in [0.3, 0.4) is 0 Å². The number of rotatable bonds is 5.